The van der Waals surface area contributed by atoms with Crippen molar-refractivity contribution in [3.63, 3.8) is 0 Å². The molecule has 0 N–H and O–H groups in total. The van der Waals surface area contributed by atoms with Gasteiger partial charge in [-0.25, -0.2) is 0 Å². The summed E-state index contributed by atoms with van der Waals surface area (Å²) < 4.78 is 11.8. The van der Waals surface area contributed by atoms with Crippen LogP contribution >= 0.6 is 0 Å². The van der Waals surface area contributed by atoms with Crippen LogP contribution in [0.25, 0.3) is 11.0 Å². The molecule has 5 heteroatoms. The van der Waals surface area contributed by atoms with Gasteiger partial charge >= 0.3 is 0 Å². The molecule has 0 radical (unpaired) electrons. The number of aryl methyl sites for hydroxylation is 2. The maximum Gasteiger partial charge on any atom is 0.290 e. The molecule has 1 unspecified atom stereocenters. The topological polar surface area (TPSA) is 59.8 Å². The van der Waals surface area contributed by atoms with Gasteiger partial charge in [0.1, 0.15) is 11.3 Å². The lowest BCUT2D eigenvalue weighted by Gasteiger charge is -2.25. The SMILES string of the molecule is CCCCN1C(=O)c2oc3c(C)cc(C)cc3c(=O)c2C1c1cccc(OCC)c1. The van der Waals surface area contributed by atoms with Crippen LogP contribution in [0.5, 0.6) is 5.75 Å². The van der Waals surface area contributed by atoms with Crippen LogP contribution in [0.15, 0.2) is 45.6 Å². The maximum absolute atomic E-state index is 13.6. The number of nitrogens with zero attached hydrogens (tertiary/aromatic N) is 1. The number of hydrogen-bond donors (Lipinski definition) is 0. The molecule has 2 aromatic carbocycles. The van der Waals surface area contributed by atoms with Crippen LogP contribution in [0.4, 0.5) is 0 Å². The average Bonchev–Trinajstić information content (AvgIpc) is 3.00. The lowest BCUT2D eigenvalue weighted by Crippen LogP contribution is -2.30. The third-order valence-electron chi connectivity index (χ3n) is 5.63. The predicted molar refractivity (Wildman–Crippen MR) is 117 cm³/mol. The quantitative estimate of drug-likeness (QED) is 0.569. The summed E-state index contributed by atoms with van der Waals surface area (Å²) >= 11 is 0. The summed E-state index contributed by atoms with van der Waals surface area (Å²) in [7, 11) is 0. The molecule has 5 nitrogen and oxygen atoms in total. The molecule has 0 spiro atoms. The fraction of sp³-hybridized carbons (Fsp3) is 0.360. The van der Waals surface area contributed by atoms with Crippen LogP contribution in [0.3, 0.4) is 0 Å². The zero-order valence-corrected chi connectivity index (χ0v) is 18.0. The number of unbranched alkanes of at least 4 members (excludes halogenated alkanes) is 1. The van der Waals surface area contributed by atoms with Gasteiger partial charge in [0.2, 0.25) is 5.76 Å². The number of hydrogen-bond acceptors (Lipinski definition) is 4. The van der Waals surface area contributed by atoms with Gasteiger partial charge in [-0.2, -0.15) is 0 Å². The molecule has 30 heavy (non-hydrogen) atoms. The van der Waals surface area contributed by atoms with Gasteiger partial charge < -0.3 is 14.1 Å². The smallest absolute Gasteiger partial charge is 0.290 e. The van der Waals surface area contributed by atoms with Gasteiger partial charge in [-0.15, -0.1) is 0 Å². The maximum atomic E-state index is 13.6. The van der Waals surface area contributed by atoms with E-state index < -0.39 is 6.04 Å². The van der Waals surface area contributed by atoms with Crippen molar-refractivity contribution in [3.8, 4) is 5.75 Å². The van der Waals surface area contributed by atoms with Crippen LogP contribution in [-0.4, -0.2) is 24.0 Å². The molecule has 3 aromatic rings. The second-order valence-corrected chi connectivity index (χ2v) is 7.89. The minimum absolute atomic E-state index is 0.128. The van der Waals surface area contributed by atoms with E-state index in [2.05, 4.69) is 6.92 Å². The first-order valence-corrected chi connectivity index (χ1v) is 10.6. The lowest BCUT2D eigenvalue weighted by molar-refractivity contribution is 0.0725. The molecule has 1 amide bonds. The highest BCUT2D eigenvalue weighted by atomic mass is 16.5. The summed E-state index contributed by atoms with van der Waals surface area (Å²) in [5, 5.41) is 0.530. The van der Waals surface area contributed by atoms with Gasteiger partial charge in [0.25, 0.3) is 5.91 Å². The van der Waals surface area contributed by atoms with E-state index in [0.29, 0.717) is 29.7 Å². The van der Waals surface area contributed by atoms with Crippen LogP contribution in [0.2, 0.25) is 0 Å². The zero-order chi connectivity index (χ0) is 21.4. The van der Waals surface area contributed by atoms with E-state index in [0.717, 1.165) is 35.3 Å². The highest BCUT2D eigenvalue weighted by molar-refractivity contribution is 5.99. The van der Waals surface area contributed by atoms with Gasteiger partial charge in [0.15, 0.2) is 5.43 Å². The number of fused-ring (bicyclic) bond motifs is 2. The summed E-state index contributed by atoms with van der Waals surface area (Å²) in [5.41, 5.74) is 3.52. The summed E-state index contributed by atoms with van der Waals surface area (Å²) in [4.78, 5) is 28.7. The van der Waals surface area contributed by atoms with Gasteiger partial charge in [-0.1, -0.05) is 31.5 Å². The Morgan fingerprint density at radius 2 is 1.90 bits per heavy atom. The van der Waals surface area contributed by atoms with Gasteiger partial charge in [0, 0.05) is 6.54 Å². The molecular weight excluding hydrogens is 378 g/mol. The van der Waals surface area contributed by atoms with Crippen LogP contribution in [-0.2, 0) is 0 Å². The zero-order valence-electron chi connectivity index (χ0n) is 18.0. The number of amides is 1. The van der Waals surface area contributed by atoms with Crippen molar-refractivity contribution in [2.75, 3.05) is 13.2 Å². The summed E-state index contributed by atoms with van der Waals surface area (Å²) in [6.45, 7) is 9.00. The summed E-state index contributed by atoms with van der Waals surface area (Å²) in [5.74, 6) is 0.676. The first kappa shape index (κ1) is 20.2. The van der Waals surface area contributed by atoms with Crippen LogP contribution in [0, 0.1) is 13.8 Å². The van der Waals surface area contributed by atoms with Crippen molar-refractivity contribution in [3.05, 3.63) is 74.6 Å². The second-order valence-electron chi connectivity index (χ2n) is 7.89. The van der Waals surface area contributed by atoms with Gasteiger partial charge in [-0.3, -0.25) is 9.59 Å². The molecule has 0 aliphatic carbocycles. The molecule has 0 bridgehead atoms. The molecule has 1 aliphatic rings. The molecule has 1 atom stereocenters. The Kier molecular flexibility index (Phi) is 5.37. The fourth-order valence-corrected chi connectivity index (χ4v) is 4.32. The van der Waals surface area contributed by atoms with E-state index in [1.54, 1.807) is 4.90 Å². The van der Waals surface area contributed by atoms with Crippen LogP contribution in [0.1, 0.15) is 65.5 Å². The Hall–Kier alpha value is -3.08. The first-order chi connectivity index (χ1) is 14.5. The van der Waals surface area contributed by atoms with Crippen molar-refractivity contribution in [2.45, 2.75) is 46.6 Å². The molecule has 156 valence electrons. The monoisotopic (exact) mass is 405 g/mol. The molecule has 4 rings (SSSR count). The highest BCUT2D eigenvalue weighted by Crippen LogP contribution is 2.39. The van der Waals surface area contributed by atoms with Gasteiger partial charge in [0.05, 0.1) is 23.6 Å². The largest absolute Gasteiger partial charge is 0.494 e. The van der Waals surface area contributed by atoms with Crippen molar-refractivity contribution in [1.82, 2.24) is 4.90 Å². The second kappa shape index (κ2) is 7.98. The number of ether oxygens (including phenoxy) is 1. The third-order valence-corrected chi connectivity index (χ3v) is 5.63. The average molecular weight is 405 g/mol. The van der Waals surface area contributed by atoms with E-state index in [4.69, 9.17) is 9.15 Å². The lowest BCUT2D eigenvalue weighted by atomic mass is 9.97. The summed E-state index contributed by atoms with van der Waals surface area (Å²) in [6.07, 6.45) is 1.81. The fourth-order valence-electron chi connectivity index (χ4n) is 4.32. The van der Waals surface area contributed by atoms with Crippen molar-refractivity contribution < 1.29 is 13.9 Å². The standard InChI is InChI=1S/C25H27NO4/c1-5-7-11-26-21(17-9-8-10-18(14-17)29-6-2)20-22(27)19-13-15(3)12-16(4)23(19)30-24(20)25(26)28/h8-10,12-14,21H,5-7,11H2,1-4H3. The minimum atomic E-state index is -0.471. The normalized spacial score (nSPS) is 15.7. The Bertz CT molecular complexity index is 1180. The molecule has 0 saturated carbocycles. The third kappa shape index (κ3) is 3.28. The van der Waals surface area contributed by atoms with E-state index in [-0.39, 0.29) is 17.1 Å². The Morgan fingerprint density at radius 3 is 2.63 bits per heavy atom. The Morgan fingerprint density at radius 1 is 1.10 bits per heavy atom. The molecule has 1 aromatic heterocycles. The predicted octanol–water partition coefficient (Wildman–Crippen LogP) is 5.15. The number of benzene rings is 2. The molecule has 1 aliphatic heterocycles. The number of carbonyl (C=O) groups excluding carboxylic acids is 1. The molecule has 2 heterocycles. The molecule has 0 saturated heterocycles. The highest BCUT2D eigenvalue weighted by Gasteiger charge is 2.42. The van der Waals surface area contributed by atoms with E-state index in [1.807, 2.05) is 57.2 Å². The van der Waals surface area contributed by atoms with Crippen molar-refractivity contribution >= 4 is 16.9 Å². The van der Waals surface area contributed by atoms with E-state index in [9.17, 15) is 9.59 Å². The number of carbonyl (C=O) groups is 1. The minimum Gasteiger partial charge on any atom is -0.494 e. The van der Waals surface area contributed by atoms with Crippen LogP contribution < -0.4 is 10.2 Å². The summed E-state index contributed by atoms with van der Waals surface area (Å²) in [6, 6.07) is 11.0. The van der Waals surface area contributed by atoms with Gasteiger partial charge in [-0.05, 0) is 62.1 Å². The molecular formula is C25H27NO4. The molecule has 0 fully saturated rings. The van der Waals surface area contributed by atoms with E-state index >= 15 is 0 Å². The Balaban J connectivity index is 1.97. The number of rotatable bonds is 6. The Labute approximate surface area is 176 Å². The van der Waals surface area contributed by atoms with Crippen molar-refractivity contribution in [2.24, 2.45) is 0 Å². The van der Waals surface area contributed by atoms with E-state index in [1.165, 1.54) is 0 Å². The van der Waals surface area contributed by atoms with Crippen molar-refractivity contribution in [1.29, 1.82) is 0 Å². The first-order valence-electron chi connectivity index (χ1n) is 10.6.